The largest absolute Gasteiger partial charge is 0.351 e. The molecule has 0 fully saturated rings. The van der Waals surface area contributed by atoms with Crippen LogP contribution in [-0.2, 0) is 10.0 Å². The molecule has 0 bridgehead atoms. The molecule has 0 aliphatic rings. The first kappa shape index (κ1) is 22.5. The van der Waals surface area contributed by atoms with E-state index in [-0.39, 0.29) is 22.4 Å². The quantitative estimate of drug-likeness (QED) is 0.342. The van der Waals surface area contributed by atoms with Crippen LogP contribution in [0.25, 0.3) is 10.9 Å². The van der Waals surface area contributed by atoms with Crippen LogP contribution in [0, 0.1) is 11.6 Å². The minimum atomic E-state index is -4.14. The number of para-hydroxylation sites is 1. The Morgan fingerprint density at radius 3 is 2.27 bits per heavy atom. The van der Waals surface area contributed by atoms with Gasteiger partial charge in [-0.25, -0.2) is 17.2 Å². The van der Waals surface area contributed by atoms with Crippen molar-refractivity contribution in [3.05, 3.63) is 89.6 Å². The summed E-state index contributed by atoms with van der Waals surface area (Å²) in [6, 6.07) is 16.1. The van der Waals surface area contributed by atoms with Crippen molar-refractivity contribution in [1.82, 2.24) is 4.98 Å². The Labute approximate surface area is 189 Å². The zero-order valence-electron chi connectivity index (χ0n) is 17.8. The molecule has 9 heteroatoms. The summed E-state index contributed by atoms with van der Waals surface area (Å²) in [5, 5.41) is 3.67. The standard InChI is InChI=1S/C24H21F2N3O3S/c1-14(2)20-13-18(27-24(30)22-9-15-5-3-4-6-21(15)28-22)7-8-23(20)33(31,32)29-19-11-16(25)10-17(26)12-19/h3-14,28-29H,1-2H3,(H,27,30). The molecule has 0 saturated heterocycles. The molecule has 0 radical (unpaired) electrons. The molecule has 0 spiro atoms. The van der Waals surface area contributed by atoms with Gasteiger partial charge in [-0.15, -0.1) is 0 Å². The van der Waals surface area contributed by atoms with E-state index in [9.17, 15) is 22.0 Å². The first-order valence-corrected chi connectivity index (χ1v) is 11.6. The van der Waals surface area contributed by atoms with Gasteiger partial charge in [-0.3, -0.25) is 9.52 Å². The molecule has 0 saturated carbocycles. The Hall–Kier alpha value is -3.72. The van der Waals surface area contributed by atoms with Crippen molar-refractivity contribution >= 4 is 38.2 Å². The van der Waals surface area contributed by atoms with E-state index in [0.717, 1.165) is 23.0 Å². The number of carbonyl (C=O) groups excluding carboxylic acids is 1. The van der Waals surface area contributed by atoms with Crippen LogP contribution in [0.1, 0.15) is 35.8 Å². The fraction of sp³-hybridized carbons (Fsp3) is 0.125. The number of hydrogen-bond acceptors (Lipinski definition) is 3. The molecule has 1 amide bonds. The number of sulfonamides is 1. The van der Waals surface area contributed by atoms with E-state index in [2.05, 4.69) is 15.0 Å². The maximum absolute atomic E-state index is 13.5. The number of rotatable bonds is 6. The molecule has 0 unspecified atom stereocenters. The Kier molecular flexibility index (Phi) is 5.90. The van der Waals surface area contributed by atoms with E-state index >= 15 is 0 Å². The van der Waals surface area contributed by atoms with Crippen LogP contribution < -0.4 is 10.0 Å². The number of nitrogens with one attached hydrogen (secondary N) is 3. The fourth-order valence-electron chi connectivity index (χ4n) is 3.54. The molecular formula is C24H21F2N3O3S. The number of halogens is 2. The number of aromatic amines is 1. The zero-order valence-corrected chi connectivity index (χ0v) is 18.6. The van der Waals surface area contributed by atoms with Gasteiger partial charge in [0.15, 0.2) is 0 Å². The monoisotopic (exact) mass is 469 g/mol. The molecule has 3 aromatic carbocycles. The molecule has 1 heterocycles. The number of fused-ring (bicyclic) bond motifs is 1. The molecule has 1 aromatic heterocycles. The number of carbonyl (C=O) groups is 1. The van der Waals surface area contributed by atoms with Crippen molar-refractivity contribution in [2.75, 3.05) is 10.0 Å². The van der Waals surface area contributed by atoms with Gasteiger partial charge >= 0.3 is 0 Å². The van der Waals surface area contributed by atoms with Crippen molar-refractivity contribution in [3.63, 3.8) is 0 Å². The summed E-state index contributed by atoms with van der Waals surface area (Å²) in [5.41, 5.74) is 1.82. The van der Waals surface area contributed by atoms with Gasteiger partial charge in [0.1, 0.15) is 17.3 Å². The van der Waals surface area contributed by atoms with Gasteiger partial charge in [-0.2, -0.15) is 0 Å². The topological polar surface area (TPSA) is 91.1 Å². The molecule has 4 aromatic rings. The van der Waals surface area contributed by atoms with Crippen molar-refractivity contribution in [2.24, 2.45) is 0 Å². The van der Waals surface area contributed by atoms with Crippen molar-refractivity contribution in [3.8, 4) is 0 Å². The number of amides is 1. The number of H-pyrrole nitrogens is 1. The third kappa shape index (κ3) is 4.88. The lowest BCUT2D eigenvalue weighted by Gasteiger charge is -2.16. The van der Waals surface area contributed by atoms with Gasteiger partial charge in [-0.05, 0) is 53.9 Å². The molecule has 4 rings (SSSR count). The minimum Gasteiger partial charge on any atom is -0.351 e. The smallest absolute Gasteiger partial charge is 0.272 e. The SMILES string of the molecule is CC(C)c1cc(NC(=O)c2cc3ccccc3[nH]2)ccc1S(=O)(=O)Nc1cc(F)cc(F)c1. The molecule has 170 valence electrons. The number of benzene rings is 3. The van der Waals surface area contributed by atoms with Gasteiger partial charge in [0.25, 0.3) is 15.9 Å². The molecule has 0 atom stereocenters. The highest BCUT2D eigenvalue weighted by Crippen LogP contribution is 2.29. The summed E-state index contributed by atoms with van der Waals surface area (Å²) in [5.74, 6) is -2.38. The lowest BCUT2D eigenvalue weighted by atomic mass is 10.0. The second kappa shape index (κ2) is 8.67. The van der Waals surface area contributed by atoms with E-state index in [1.807, 2.05) is 24.3 Å². The van der Waals surface area contributed by atoms with Gasteiger partial charge in [0.2, 0.25) is 0 Å². The van der Waals surface area contributed by atoms with Crippen LogP contribution in [0.5, 0.6) is 0 Å². The number of anilines is 2. The molecule has 6 nitrogen and oxygen atoms in total. The lowest BCUT2D eigenvalue weighted by Crippen LogP contribution is -2.17. The van der Waals surface area contributed by atoms with Crippen LogP contribution in [0.2, 0.25) is 0 Å². The number of aromatic nitrogens is 1. The molecule has 3 N–H and O–H groups in total. The first-order valence-electron chi connectivity index (χ1n) is 10.1. The average Bonchev–Trinajstić information content (AvgIpc) is 3.17. The summed E-state index contributed by atoms with van der Waals surface area (Å²) in [6.45, 7) is 3.61. The third-order valence-electron chi connectivity index (χ3n) is 5.07. The van der Waals surface area contributed by atoms with Gasteiger partial charge in [-0.1, -0.05) is 32.0 Å². The van der Waals surface area contributed by atoms with E-state index < -0.39 is 21.7 Å². The Balaban J connectivity index is 1.62. The average molecular weight is 470 g/mol. The summed E-state index contributed by atoms with van der Waals surface area (Å²) < 4.78 is 55.1. The Morgan fingerprint density at radius 2 is 1.61 bits per heavy atom. The lowest BCUT2D eigenvalue weighted by molar-refractivity contribution is 0.102. The maximum Gasteiger partial charge on any atom is 0.272 e. The molecular weight excluding hydrogens is 448 g/mol. The highest BCUT2D eigenvalue weighted by atomic mass is 32.2. The highest BCUT2D eigenvalue weighted by Gasteiger charge is 2.22. The summed E-state index contributed by atoms with van der Waals surface area (Å²) in [4.78, 5) is 15.7. The van der Waals surface area contributed by atoms with Gasteiger partial charge < -0.3 is 10.3 Å². The summed E-state index contributed by atoms with van der Waals surface area (Å²) >= 11 is 0. The molecule has 33 heavy (non-hydrogen) atoms. The maximum atomic E-state index is 13.5. The van der Waals surface area contributed by atoms with Crippen LogP contribution in [0.15, 0.2) is 71.6 Å². The van der Waals surface area contributed by atoms with Crippen molar-refractivity contribution < 1.29 is 22.0 Å². The zero-order chi connectivity index (χ0) is 23.8. The van der Waals surface area contributed by atoms with E-state index in [4.69, 9.17) is 0 Å². The second-order valence-electron chi connectivity index (χ2n) is 7.90. The Morgan fingerprint density at radius 1 is 0.909 bits per heavy atom. The summed E-state index contributed by atoms with van der Waals surface area (Å²) in [6.07, 6.45) is 0. The normalized spacial score (nSPS) is 11.7. The third-order valence-corrected chi connectivity index (χ3v) is 6.52. The minimum absolute atomic E-state index is 0.0502. The molecule has 0 aliphatic carbocycles. The fourth-order valence-corrected chi connectivity index (χ4v) is 4.93. The van der Waals surface area contributed by atoms with Gasteiger partial charge in [0, 0.05) is 22.7 Å². The van der Waals surface area contributed by atoms with E-state index in [0.29, 0.717) is 23.0 Å². The van der Waals surface area contributed by atoms with Gasteiger partial charge in [0.05, 0.1) is 10.6 Å². The second-order valence-corrected chi connectivity index (χ2v) is 9.55. The van der Waals surface area contributed by atoms with Crippen LogP contribution in [0.4, 0.5) is 20.2 Å². The van der Waals surface area contributed by atoms with E-state index in [1.165, 1.54) is 12.1 Å². The molecule has 0 aliphatic heterocycles. The van der Waals surface area contributed by atoms with Crippen LogP contribution >= 0.6 is 0 Å². The predicted octanol–water partition coefficient (Wildman–Crippen LogP) is 5.62. The van der Waals surface area contributed by atoms with Crippen molar-refractivity contribution in [2.45, 2.75) is 24.7 Å². The Bertz CT molecular complexity index is 1410. The summed E-state index contributed by atoms with van der Waals surface area (Å²) in [7, 11) is -4.14. The van der Waals surface area contributed by atoms with Crippen LogP contribution in [-0.4, -0.2) is 19.3 Å². The predicted molar refractivity (Wildman–Crippen MR) is 124 cm³/mol. The van der Waals surface area contributed by atoms with E-state index in [1.54, 1.807) is 26.0 Å². The van der Waals surface area contributed by atoms with Crippen LogP contribution in [0.3, 0.4) is 0 Å². The highest BCUT2D eigenvalue weighted by molar-refractivity contribution is 7.92. The number of hydrogen-bond donors (Lipinski definition) is 3. The first-order chi connectivity index (χ1) is 15.6. The van der Waals surface area contributed by atoms with Crippen molar-refractivity contribution in [1.29, 1.82) is 0 Å².